The van der Waals surface area contributed by atoms with Gasteiger partial charge in [-0.25, -0.2) is 0 Å². The van der Waals surface area contributed by atoms with E-state index in [4.69, 9.17) is 0 Å². The molecular weight excluding hydrogens is 94.1 g/mol. The minimum absolute atomic E-state index is 0.634. The largest absolute Gasteiger partial charge is 0.304 e. The van der Waals surface area contributed by atoms with E-state index in [1.54, 1.807) is 0 Å². The van der Waals surface area contributed by atoms with Crippen molar-refractivity contribution in [2.45, 2.75) is 13.0 Å². The van der Waals surface area contributed by atoms with Crippen LogP contribution in [0.15, 0.2) is 0 Å². The molecule has 0 amide bonds. The van der Waals surface area contributed by atoms with Crippen LogP contribution in [0.1, 0.15) is 6.92 Å². The zero-order chi connectivity index (χ0) is 4.41. The third kappa shape index (κ3) is 0.884. The highest BCUT2D eigenvalue weighted by atomic mass is 32.2. The molecule has 1 nitrogen and oxygen atoms in total. The topological polar surface area (TPSA) is 12.0 Å². The Morgan fingerprint density at radius 3 is 3.00 bits per heavy atom. The molecule has 1 aliphatic rings. The Kier molecular flexibility index (Phi) is 1.37. The van der Waals surface area contributed by atoms with Crippen molar-refractivity contribution in [1.82, 2.24) is 5.32 Å². The lowest BCUT2D eigenvalue weighted by Crippen LogP contribution is -2.16. The summed E-state index contributed by atoms with van der Waals surface area (Å²) in [5, 5.41) is 3.23. The van der Waals surface area contributed by atoms with Crippen molar-refractivity contribution in [2.75, 3.05) is 5.88 Å². The Morgan fingerprint density at radius 1 is 2.00 bits per heavy atom. The first-order chi connectivity index (χ1) is 2.89. The lowest BCUT2D eigenvalue weighted by atomic mass is 10.4. The van der Waals surface area contributed by atoms with Gasteiger partial charge in [0.2, 0.25) is 0 Å². The molecule has 1 N–H and O–H groups in total. The van der Waals surface area contributed by atoms with Crippen LogP contribution in [0.2, 0.25) is 0 Å². The normalized spacial score (nSPS) is 34.5. The van der Waals surface area contributed by atoms with Crippen LogP contribution in [0.5, 0.6) is 0 Å². The van der Waals surface area contributed by atoms with Crippen molar-refractivity contribution >= 4 is 11.8 Å². The summed E-state index contributed by atoms with van der Waals surface area (Å²) in [6.07, 6.45) is 0. The van der Waals surface area contributed by atoms with E-state index < -0.39 is 0 Å². The van der Waals surface area contributed by atoms with Gasteiger partial charge in [-0.15, -0.1) is 11.8 Å². The summed E-state index contributed by atoms with van der Waals surface area (Å²) in [5.74, 6) is 3.31. The third-order valence-electron chi connectivity index (χ3n) is 0.789. The summed E-state index contributed by atoms with van der Waals surface area (Å²) in [5.41, 5.74) is 0. The predicted molar refractivity (Wildman–Crippen MR) is 29.4 cm³/mol. The van der Waals surface area contributed by atoms with E-state index in [2.05, 4.69) is 18.0 Å². The van der Waals surface area contributed by atoms with Crippen LogP contribution < -0.4 is 5.32 Å². The molecule has 35 valence electrons. The quantitative estimate of drug-likeness (QED) is 0.486. The lowest BCUT2D eigenvalue weighted by Gasteiger charge is -1.93. The molecule has 0 bridgehead atoms. The van der Waals surface area contributed by atoms with E-state index in [1.807, 2.05) is 11.8 Å². The number of hydrogen-bond acceptors (Lipinski definition) is 2. The summed E-state index contributed by atoms with van der Waals surface area (Å²) >= 11 is 1.85. The molecule has 1 atom stereocenters. The molecule has 1 radical (unpaired) electrons. The summed E-state index contributed by atoms with van der Waals surface area (Å²) in [6, 6.07) is 0.634. The second-order valence-electron chi connectivity index (χ2n) is 1.44. The van der Waals surface area contributed by atoms with Crippen LogP contribution in [-0.2, 0) is 0 Å². The second-order valence-corrected chi connectivity index (χ2v) is 2.33. The van der Waals surface area contributed by atoms with E-state index in [-0.39, 0.29) is 0 Å². The molecule has 0 aromatic rings. The van der Waals surface area contributed by atoms with Crippen LogP contribution in [0, 0.1) is 5.75 Å². The van der Waals surface area contributed by atoms with Gasteiger partial charge in [0, 0.05) is 17.7 Å². The molecule has 1 fully saturated rings. The predicted octanol–water partition coefficient (Wildman–Crippen LogP) is 0.831. The summed E-state index contributed by atoms with van der Waals surface area (Å²) in [6.45, 7) is 2.15. The minimum atomic E-state index is 0.634. The van der Waals surface area contributed by atoms with Crippen molar-refractivity contribution < 1.29 is 0 Å². The first-order valence-corrected chi connectivity index (χ1v) is 3.13. The Hall–Kier alpha value is 0.310. The third-order valence-corrected chi connectivity index (χ3v) is 1.72. The molecule has 1 heterocycles. The van der Waals surface area contributed by atoms with Crippen LogP contribution in [0.3, 0.4) is 0 Å². The van der Waals surface area contributed by atoms with E-state index >= 15 is 0 Å². The maximum atomic E-state index is 3.23. The number of nitrogens with one attached hydrogen (secondary N) is 1. The van der Waals surface area contributed by atoms with E-state index in [1.165, 1.54) is 0 Å². The maximum absolute atomic E-state index is 3.23. The van der Waals surface area contributed by atoms with Gasteiger partial charge in [-0.2, -0.15) is 0 Å². The molecule has 0 aromatic heterocycles. The van der Waals surface area contributed by atoms with E-state index in [9.17, 15) is 0 Å². The highest BCUT2D eigenvalue weighted by molar-refractivity contribution is 8.01. The molecule has 1 unspecified atom stereocenters. The van der Waals surface area contributed by atoms with Crippen molar-refractivity contribution in [1.29, 1.82) is 0 Å². The van der Waals surface area contributed by atoms with Gasteiger partial charge in [0.05, 0.1) is 0 Å². The summed E-state index contributed by atoms with van der Waals surface area (Å²) < 4.78 is 0. The van der Waals surface area contributed by atoms with Crippen molar-refractivity contribution in [3.63, 3.8) is 0 Å². The number of hydrogen-bond donors (Lipinski definition) is 1. The fraction of sp³-hybridized carbons (Fsp3) is 0.750. The maximum Gasteiger partial charge on any atom is 0.0424 e. The van der Waals surface area contributed by atoms with Gasteiger partial charge >= 0.3 is 0 Å². The Balaban J connectivity index is 2.18. The minimum Gasteiger partial charge on any atom is -0.304 e. The van der Waals surface area contributed by atoms with Gasteiger partial charge in [-0.1, -0.05) is 0 Å². The van der Waals surface area contributed by atoms with Gasteiger partial charge in [0.25, 0.3) is 0 Å². The zero-order valence-electron chi connectivity index (χ0n) is 3.77. The first-order valence-electron chi connectivity index (χ1n) is 2.08. The fourth-order valence-electron chi connectivity index (χ4n) is 0.420. The first kappa shape index (κ1) is 4.47. The van der Waals surface area contributed by atoms with Crippen molar-refractivity contribution in [2.24, 2.45) is 0 Å². The second kappa shape index (κ2) is 1.85. The molecule has 2 heteroatoms. The standard InChI is InChI=1S/C4H8NS/c1-4-2-6-3-5-4/h2,4-5H,3H2,1H3. The SMILES string of the molecule is CC1[CH]SCN1. The number of rotatable bonds is 0. The van der Waals surface area contributed by atoms with Gasteiger partial charge in [-0.05, 0) is 6.92 Å². The average Bonchev–Trinajstić information content (AvgIpc) is 1.86. The molecule has 0 saturated carbocycles. The fourth-order valence-corrected chi connectivity index (χ4v) is 1.26. The zero-order valence-corrected chi connectivity index (χ0v) is 4.59. The lowest BCUT2D eigenvalue weighted by molar-refractivity contribution is 0.725. The van der Waals surface area contributed by atoms with Crippen LogP contribution in [-0.4, -0.2) is 11.9 Å². The Bertz CT molecular complexity index is 40.8. The molecule has 0 aliphatic carbocycles. The van der Waals surface area contributed by atoms with Crippen LogP contribution in [0.25, 0.3) is 0 Å². The molecule has 1 aliphatic heterocycles. The Labute approximate surface area is 42.5 Å². The molecule has 0 spiro atoms. The summed E-state index contributed by atoms with van der Waals surface area (Å²) in [4.78, 5) is 0. The molecular formula is C4H8NS. The van der Waals surface area contributed by atoms with E-state index in [0.29, 0.717) is 6.04 Å². The Morgan fingerprint density at radius 2 is 2.83 bits per heavy atom. The van der Waals surface area contributed by atoms with E-state index in [0.717, 1.165) is 5.88 Å². The highest BCUT2D eigenvalue weighted by Gasteiger charge is 2.06. The smallest absolute Gasteiger partial charge is 0.0424 e. The van der Waals surface area contributed by atoms with Gasteiger partial charge in [-0.3, -0.25) is 0 Å². The van der Waals surface area contributed by atoms with Crippen LogP contribution in [0.4, 0.5) is 0 Å². The van der Waals surface area contributed by atoms with Gasteiger partial charge < -0.3 is 5.32 Å². The molecule has 6 heavy (non-hydrogen) atoms. The van der Waals surface area contributed by atoms with Crippen molar-refractivity contribution in [3.05, 3.63) is 5.75 Å². The van der Waals surface area contributed by atoms with Crippen LogP contribution >= 0.6 is 11.8 Å². The highest BCUT2D eigenvalue weighted by Crippen LogP contribution is 2.13. The van der Waals surface area contributed by atoms with Gasteiger partial charge in [0.15, 0.2) is 0 Å². The molecule has 1 saturated heterocycles. The van der Waals surface area contributed by atoms with Crippen molar-refractivity contribution in [3.8, 4) is 0 Å². The molecule has 1 rings (SSSR count). The average molecular weight is 102 g/mol. The summed E-state index contributed by atoms with van der Waals surface area (Å²) in [7, 11) is 0. The van der Waals surface area contributed by atoms with Gasteiger partial charge in [0.1, 0.15) is 0 Å². The molecule has 0 aromatic carbocycles. The number of thioether (sulfide) groups is 1. The monoisotopic (exact) mass is 102 g/mol.